The molecule has 0 radical (unpaired) electrons. The summed E-state index contributed by atoms with van der Waals surface area (Å²) >= 11 is 3.55. The topological polar surface area (TPSA) is 21.3 Å². The van der Waals surface area contributed by atoms with E-state index in [0.29, 0.717) is 0 Å². The zero-order valence-corrected chi connectivity index (χ0v) is 11.5. The van der Waals surface area contributed by atoms with Crippen LogP contribution in [0.25, 0.3) is 0 Å². The molecule has 1 aliphatic heterocycles. The molecule has 3 rings (SSSR count). The smallest absolute Gasteiger partial charge is 0.0587 e. The number of rotatable bonds is 5. The molecule has 3 heteroatoms. The van der Waals surface area contributed by atoms with E-state index >= 15 is 0 Å². The first kappa shape index (κ1) is 11.7. The standard InChI is InChI=1S/C14H18BrNO/c15-13-3-1-2-12(6-13)14(8-16-9-14)10-17-7-11-4-5-11/h1-3,6,11,16H,4-5,7-10H2. The summed E-state index contributed by atoms with van der Waals surface area (Å²) in [5.74, 6) is 0.850. The van der Waals surface area contributed by atoms with Gasteiger partial charge in [-0.3, -0.25) is 0 Å². The molecule has 2 fully saturated rings. The van der Waals surface area contributed by atoms with Crippen LogP contribution in [0.4, 0.5) is 0 Å². The first-order valence-corrected chi connectivity index (χ1v) is 7.12. The Bertz CT molecular complexity index is 399. The first-order chi connectivity index (χ1) is 8.28. The highest BCUT2D eigenvalue weighted by atomic mass is 79.9. The van der Waals surface area contributed by atoms with Gasteiger partial charge >= 0.3 is 0 Å². The van der Waals surface area contributed by atoms with Gasteiger partial charge in [-0.05, 0) is 36.5 Å². The average molecular weight is 296 g/mol. The minimum absolute atomic E-state index is 0.207. The van der Waals surface area contributed by atoms with Gasteiger partial charge in [0.05, 0.1) is 6.61 Å². The number of benzene rings is 1. The molecule has 2 nitrogen and oxygen atoms in total. The minimum atomic E-state index is 0.207. The second-order valence-corrected chi connectivity index (χ2v) is 6.27. The number of ether oxygens (including phenoxy) is 1. The van der Waals surface area contributed by atoms with E-state index in [4.69, 9.17) is 4.74 Å². The lowest BCUT2D eigenvalue weighted by atomic mass is 9.76. The molecule has 0 aromatic heterocycles. The number of nitrogens with one attached hydrogen (secondary N) is 1. The lowest BCUT2D eigenvalue weighted by Crippen LogP contribution is -2.59. The van der Waals surface area contributed by atoms with E-state index in [0.717, 1.165) is 36.7 Å². The van der Waals surface area contributed by atoms with Crippen LogP contribution in [0.15, 0.2) is 28.7 Å². The van der Waals surface area contributed by atoms with E-state index in [1.165, 1.54) is 18.4 Å². The van der Waals surface area contributed by atoms with Crippen LogP contribution in [-0.2, 0) is 10.2 Å². The van der Waals surface area contributed by atoms with Gasteiger partial charge in [0.1, 0.15) is 0 Å². The molecule has 1 heterocycles. The zero-order chi connectivity index (χ0) is 11.7. The van der Waals surface area contributed by atoms with Crippen LogP contribution in [0.1, 0.15) is 18.4 Å². The molecule has 17 heavy (non-hydrogen) atoms. The third-order valence-corrected chi connectivity index (χ3v) is 4.29. The highest BCUT2D eigenvalue weighted by Gasteiger charge is 2.39. The Labute approximate surface area is 111 Å². The van der Waals surface area contributed by atoms with Crippen LogP contribution < -0.4 is 5.32 Å². The van der Waals surface area contributed by atoms with Crippen molar-refractivity contribution in [1.82, 2.24) is 5.32 Å². The van der Waals surface area contributed by atoms with Crippen molar-refractivity contribution in [2.75, 3.05) is 26.3 Å². The lowest BCUT2D eigenvalue weighted by molar-refractivity contribution is 0.0514. The van der Waals surface area contributed by atoms with Gasteiger partial charge in [0.15, 0.2) is 0 Å². The monoisotopic (exact) mass is 295 g/mol. The predicted molar refractivity (Wildman–Crippen MR) is 72.2 cm³/mol. The van der Waals surface area contributed by atoms with Crippen LogP contribution in [0.2, 0.25) is 0 Å². The van der Waals surface area contributed by atoms with Crippen LogP contribution in [0.3, 0.4) is 0 Å². The molecule has 0 amide bonds. The van der Waals surface area contributed by atoms with Crippen LogP contribution in [0, 0.1) is 5.92 Å². The number of hydrogen-bond acceptors (Lipinski definition) is 2. The zero-order valence-electron chi connectivity index (χ0n) is 9.92. The number of halogens is 1. The third-order valence-electron chi connectivity index (χ3n) is 3.79. The molecule has 1 saturated heterocycles. The quantitative estimate of drug-likeness (QED) is 0.902. The average Bonchev–Trinajstić information content (AvgIpc) is 3.06. The van der Waals surface area contributed by atoms with E-state index in [1.807, 2.05) is 0 Å². The van der Waals surface area contributed by atoms with Crippen LogP contribution >= 0.6 is 15.9 Å². The molecule has 1 saturated carbocycles. The van der Waals surface area contributed by atoms with E-state index < -0.39 is 0 Å². The molecule has 1 aromatic rings. The van der Waals surface area contributed by atoms with Crippen molar-refractivity contribution in [2.24, 2.45) is 5.92 Å². The third kappa shape index (κ3) is 2.56. The van der Waals surface area contributed by atoms with Crippen molar-refractivity contribution in [3.63, 3.8) is 0 Å². The van der Waals surface area contributed by atoms with Gasteiger partial charge in [-0.1, -0.05) is 28.1 Å². The Hall–Kier alpha value is -0.380. The van der Waals surface area contributed by atoms with Crippen LogP contribution in [0.5, 0.6) is 0 Å². The Morgan fingerprint density at radius 2 is 2.18 bits per heavy atom. The van der Waals surface area contributed by atoms with Gasteiger partial charge in [0.2, 0.25) is 0 Å². The summed E-state index contributed by atoms with van der Waals surface area (Å²) < 4.78 is 7.06. The summed E-state index contributed by atoms with van der Waals surface area (Å²) in [7, 11) is 0. The Morgan fingerprint density at radius 3 is 2.76 bits per heavy atom. The summed E-state index contributed by atoms with van der Waals surface area (Å²) in [5, 5.41) is 3.38. The fourth-order valence-electron chi connectivity index (χ4n) is 2.34. The summed E-state index contributed by atoms with van der Waals surface area (Å²) in [5.41, 5.74) is 1.60. The summed E-state index contributed by atoms with van der Waals surface area (Å²) in [4.78, 5) is 0. The Morgan fingerprint density at radius 1 is 1.35 bits per heavy atom. The fourth-order valence-corrected chi connectivity index (χ4v) is 2.74. The van der Waals surface area contributed by atoms with Gasteiger partial charge in [0, 0.05) is 29.6 Å². The fraction of sp³-hybridized carbons (Fsp3) is 0.571. The maximum absolute atomic E-state index is 5.90. The van der Waals surface area contributed by atoms with Crippen molar-refractivity contribution in [2.45, 2.75) is 18.3 Å². The van der Waals surface area contributed by atoms with Crippen molar-refractivity contribution in [1.29, 1.82) is 0 Å². The SMILES string of the molecule is Brc1cccc(C2(COCC3CC3)CNC2)c1. The normalized spacial score (nSPS) is 22.2. The van der Waals surface area contributed by atoms with Gasteiger partial charge < -0.3 is 10.1 Å². The lowest BCUT2D eigenvalue weighted by Gasteiger charge is -2.43. The molecule has 1 N–H and O–H groups in total. The van der Waals surface area contributed by atoms with E-state index in [9.17, 15) is 0 Å². The molecule has 2 aliphatic rings. The number of hydrogen-bond donors (Lipinski definition) is 1. The molecule has 1 aromatic carbocycles. The minimum Gasteiger partial charge on any atom is -0.380 e. The Kier molecular flexibility index (Phi) is 3.24. The molecule has 92 valence electrons. The molecule has 0 spiro atoms. The maximum atomic E-state index is 5.90. The van der Waals surface area contributed by atoms with E-state index in [1.54, 1.807) is 0 Å². The molecule has 1 aliphatic carbocycles. The maximum Gasteiger partial charge on any atom is 0.0587 e. The van der Waals surface area contributed by atoms with Crippen molar-refractivity contribution < 1.29 is 4.74 Å². The molecule has 0 bridgehead atoms. The van der Waals surface area contributed by atoms with Crippen molar-refractivity contribution >= 4 is 15.9 Å². The molecule has 0 atom stereocenters. The van der Waals surface area contributed by atoms with E-state index in [-0.39, 0.29) is 5.41 Å². The summed E-state index contributed by atoms with van der Waals surface area (Å²) in [6.45, 7) is 3.88. The predicted octanol–water partition coefficient (Wildman–Crippen LogP) is 2.72. The Balaban J connectivity index is 1.67. The largest absolute Gasteiger partial charge is 0.380 e. The highest BCUT2D eigenvalue weighted by molar-refractivity contribution is 9.10. The van der Waals surface area contributed by atoms with Crippen molar-refractivity contribution in [3.05, 3.63) is 34.3 Å². The highest BCUT2D eigenvalue weighted by Crippen LogP contribution is 2.33. The second-order valence-electron chi connectivity index (χ2n) is 5.35. The molecule has 0 unspecified atom stereocenters. The van der Waals surface area contributed by atoms with E-state index in [2.05, 4.69) is 45.5 Å². The summed E-state index contributed by atoms with van der Waals surface area (Å²) in [6, 6.07) is 8.63. The molecular formula is C14H18BrNO. The summed E-state index contributed by atoms with van der Waals surface area (Å²) in [6.07, 6.45) is 2.73. The van der Waals surface area contributed by atoms with Gasteiger partial charge in [-0.25, -0.2) is 0 Å². The van der Waals surface area contributed by atoms with Crippen LogP contribution in [-0.4, -0.2) is 26.3 Å². The molecular weight excluding hydrogens is 278 g/mol. The van der Waals surface area contributed by atoms with Gasteiger partial charge in [0.25, 0.3) is 0 Å². The van der Waals surface area contributed by atoms with Gasteiger partial charge in [-0.15, -0.1) is 0 Å². The van der Waals surface area contributed by atoms with Crippen molar-refractivity contribution in [3.8, 4) is 0 Å². The first-order valence-electron chi connectivity index (χ1n) is 6.33. The second kappa shape index (κ2) is 4.71. The van der Waals surface area contributed by atoms with Gasteiger partial charge in [-0.2, -0.15) is 0 Å².